The third kappa shape index (κ3) is 7.88. The third-order valence-corrected chi connectivity index (χ3v) is 7.59. The Morgan fingerprint density at radius 1 is 1.00 bits per heavy atom. The van der Waals surface area contributed by atoms with Crippen LogP contribution in [0.25, 0.3) is 0 Å². The summed E-state index contributed by atoms with van der Waals surface area (Å²) < 4.78 is 25.6. The highest BCUT2D eigenvalue weighted by molar-refractivity contribution is 6.30. The van der Waals surface area contributed by atoms with Crippen LogP contribution in [0.15, 0.2) is 72.8 Å². The summed E-state index contributed by atoms with van der Waals surface area (Å²) >= 11 is 6.13. The molecule has 3 aromatic carbocycles. The lowest BCUT2D eigenvalue weighted by atomic mass is 9.99. The molecule has 3 aromatic rings. The maximum atomic E-state index is 14.4. The van der Waals surface area contributed by atoms with Crippen LogP contribution in [-0.4, -0.2) is 64.9 Å². The van der Waals surface area contributed by atoms with Gasteiger partial charge in [0.15, 0.2) is 0 Å². The Morgan fingerprint density at radius 2 is 1.68 bits per heavy atom. The first-order valence-corrected chi connectivity index (χ1v) is 15.2. The zero-order valence-corrected chi connectivity index (χ0v) is 26.5. The number of rotatable bonds is 8. The maximum absolute atomic E-state index is 14.4. The molecule has 234 valence electrons. The molecule has 0 unspecified atom stereocenters. The Labute approximate surface area is 263 Å². The number of nitrogens with zero attached hydrogens (tertiary/aromatic N) is 3. The molecule has 0 bridgehead atoms. The van der Waals surface area contributed by atoms with Gasteiger partial charge in [-0.15, -0.1) is 11.6 Å². The zero-order chi connectivity index (χ0) is 32.0. The number of hydrogen-bond donors (Lipinski definition) is 0. The molecule has 1 aliphatic rings. The van der Waals surface area contributed by atoms with E-state index < -0.39 is 29.5 Å². The number of carbonyl (C=O) groups excluding carboxylic acids is 3. The SMILES string of the molecule is CC[C@@H]1CN(C(=O)[C@H](c2ccc(F)cc2)N(C(=O)CCl)c2ccc(Oc3ccccc3)cc2C)CCN1C(=O)OC(C)(C)C. The van der Waals surface area contributed by atoms with Crippen LogP contribution < -0.4 is 9.64 Å². The van der Waals surface area contributed by atoms with Gasteiger partial charge in [-0.05, 0) is 87.7 Å². The van der Waals surface area contributed by atoms with E-state index in [0.717, 1.165) is 0 Å². The minimum absolute atomic E-state index is 0.234. The molecule has 2 atom stereocenters. The van der Waals surface area contributed by atoms with Crippen LogP contribution in [0, 0.1) is 12.7 Å². The molecule has 3 amide bonds. The van der Waals surface area contributed by atoms with E-state index in [1.807, 2.05) is 65.0 Å². The number of benzene rings is 3. The van der Waals surface area contributed by atoms with Crippen LogP contribution in [0.2, 0.25) is 0 Å². The van der Waals surface area contributed by atoms with Gasteiger partial charge in [0.25, 0.3) is 5.91 Å². The molecule has 1 fully saturated rings. The van der Waals surface area contributed by atoms with Gasteiger partial charge in [0.05, 0.1) is 6.04 Å². The van der Waals surface area contributed by atoms with Gasteiger partial charge in [-0.1, -0.05) is 37.3 Å². The summed E-state index contributed by atoms with van der Waals surface area (Å²) in [6, 6.07) is 18.6. The van der Waals surface area contributed by atoms with Crippen molar-refractivity contribution in [2.75, 3.05) is 30.4 Å². The van der Waals surface area contributed by atoms with E-state index in [-0.39, 0.29) is 37.5 Å². The average molecular weight is 624 g/mol. The summed E-state index contributed by atoms with van der Waals surface area (Å²) in [6.45, 7) is 9.94. The second-order valence-corrected chi connectivity index (χ2v) is 12.0. The summed E-state index contributed by atoms with van der Waals surface area (Å²) in [6.07, 6.45) is 0.162. The lowest BCUT2D eigenvalue weighted by Gasteiger charge is -2.43. The van der Waals surface area contributed by atoms with Gasteiger partial charge in [0, 0.05) is 25.3 Å². The largest absolute Gasteiger partial charge is 0.457 e. The minimum atomic E-state index is -1.13. The summed E-state index contributed by atoms with van der Waals surface area (Å²) in [5.74, 6) is -0.481. The molecule has 0 aromatic heterocycles. The Balaban J connectivity index is 1.69. The maximum Gasteiger partial charge on any atom is 0.410 e. The number of amides is 3. The first-order valence-electron chi connectivity index (χ1n) is 14.7. The highest BCUT2D eigenvalue weighted by Crippen LogP contribution is 2.35. The Kier molecular flexibility index (Phi) is 10.5. The highest BCUT2D eigenvalue weighted by Gasteiger charge is 2.40. The summed E-state index contributed by atoms with van der Waals surface area (Å²) in [5, 5.41) is 0. The van der Waals surface area contributed by atoms with Gasteiger partial charge in [0.2, 0.25) is 5.91 Å². The van der Waals surface area contributed by atoms with Crippen LogP contribution in [0.4, 0.5) is 14.9 Å². The molecule has 1 aliphatic heterocycles. The fraction of sp³-hybridized carbons (Fsp3) is 0.382. The minimum Gasteiger partial charge on any atom is -0.457 e. The number of carbonyl (C=O) groups is 3. The van der Waals surface area contributed by atoms with Gasteiger partial charge >= 0.3 is 6.09 Å². The van der Waals surface area contributed by atoms with Crippen molar-refractivity contribution >= 4 is 35.2 Å². The molecule has 0 N–H and O–H groups in total. The molecule has 1 heterocycles. The summed E-state index contributed by atoms with van der Waals surface area (Å²) in [4.78, 5) is 45.6. The van der Waals surface area contributed by atoms with E-state index in [9.17, 15) is 18.8 Å². The van der Waals surface area contributed by atoms with Gasteiger partial charge in [0.1, 0.15) is 34.8 Å². The average Bonchev–Trinajstić information content (AvgIpc) is 2.99. The van der Waals surface area contributed by atoms with Gasteiger partial charge in [-0.25, -0.2) is 9.18 Å². The fourth-order valence-corrected chi connectivity index (χ4v) is 5.38. The molecular formula is C34H39ClFN3O5. The lowest BCUT2D eigenvalue weighted by molar-refractivity contribution is -0.137. The molecule has 0 saturated carbocycles. The van der Waals surface area contributed by atoms with Crippen molar-refractivity contribution in [3.8, 4) is 11.5 Å². The second kappa shape index (κ2) is 14.1. The Morgan fingerprint density at radius 3 is 2.27 bits per heavy atom. The fourth-order valence-electron chi connectivity index (χ4n) is 5.25. The molecule has 4 rings (SSSR count). The summed E-state index contributed by atoms with van der Waals surface area (Å²) in [5.41, 5.74) is 0.926. The van der Waals surface area contributed by atoms with E-state index in [1.54, 1.807) is 28.0 Å². The Hall–Kier alpha value is -4.11. The lowest BCUT2D eigenvalue weighted by Crippen LogP contribution is -2.59. The standard InChI is InChI=1S/C34H39ClFN3O5/c1-6-26-22-37(18-19-38(26)33(42)44-34(3,4)5)32(41)31(24-12-14-25(36)15-13-24)39(30(40)21-35)29-17-16-28(20-23(29)2)43-27-10-8-7-9-11-27/h7-17,20,26,31H,6,18-19,21-22H2,1-5H3/t26-,31+/m1/s1. The van der Waals surface area contributed by atoms with Crippen molar-refractivity contribution in [1.29, 1.82) is 0 Å². The quantitative estimate of drug-likeness (QED) is 0.250. The molecule has 8 nitrogen and oxygen atoms in total. The topological polar surface area (TPSA) is 79.4 Å². The number of anilines is 1. The van der Waals surface area contributed by atoms with E-state index >= 15 is 0 Å². The normalized spacial score (nSPS) is 15.8. The molecule has 0 aliphatic carbocycles. The van der Waals surface area contributed by atoms with Crippen LogP contribution in [0.3, 0.4) is 0 Å². The molecule has 1 saturated heterocycles. The number of aryl methyl sites for hydroxylation is 1. The van der Waals surface area contributed by atoms with Crippen LogP contribution in [0.1, 0.15) is 51.3 Å². The van der Waals surface area contributed by atoms with Crippen LogP contribution >= 0.6 is 11.6 Å². The predicted octanol–water partition coefficient (Wildman–Crippen LogP) is 7.10. The van der Waals surface area contributed by atoms with Crippen molar-refractivity contribution in [2.24, 2.45) is 0 Å². The molecule has 44 heavy (non-hydrogen) atoms. The van der Waals surface area contributed by atoms with Crippen molar-refractivity contribution in [3.05, 3.63) is 89.7 Å². The van der Waals surface area contributed by atoms with E-state index in [1.165, 1.54) is 29.2 Å². The first-order chi connectivity index (χ1) is 20.9. The van der Waals surface area contributed by atoms with Crippen molar-refractivity contribution in [2.45, 2.75) is 58.7 Å². The van der Waals surface area contributed by atoms with E-state index in [4.69, 9.17) is 21.1 Å². The number of alkyl halides is 1. The number of piperazine rings is 1. The zero-order valence-electron chi connectivity index (χ0n) is 25.8. The molecule has 0 radical (unpaired) electrons. The molecular weight excluding hydrogens is 585 g/mol. The molecule has 0 spiro atoms. The van der Waals surface area contributed by atoms with Gasteiger partial charge in [-0.2, -0.15) is 0 Å². The second-order valence-electron chi connectivity index (χ2n) is 11.7. The van der Waals surface area contributed by atoms with Gasteiger partial charge in [-0.3, -0.25) is 14.5 Å². The van der Waals surface area contributed by atoms with Crippen molar-refractivity contribution in [1.82, 2.24) is 9.80 Å². The predicted molar refractivity (Wildman–Crippen MR) is 169 cm³/mol. The first kappa shape index (κ1) is 32.8. The van der Waals surface area contributed by atoms with Crippen LogP contribution in [0.5, 0.6) is 11.5 Å². The molecule has 10 heteroatoms. The van der Waals surface area contributed by atoms with Crippen LogP contribution in [-0.2, 0) is 14.3 Å². The summed E-state index contributed by atoms with van der Waals surface area (Å²) in [7, 11) is 0. The number of para-hydroxylation sites is 1. The van der Waals surface area contributed by atoms with Crippen molar-refractivity contribution < 1.29 is 28.2 Å². The third-order valence-electron chi connectivity index (χ3n) is 7.36. The Bertz CT molecular complexity index is 1460. The number of halogens is 2. The monoisotopic (exact) mass is 623 g/mol. The van der Waals surface area contributed by atoms with E-state index in [0.29, 0.717) is 34.7 Å². The van der Waals surface area contributed by atoms with Gasteiger partial charge < -0.3 is 19.3 Å². The smallest absolute Gasteiger partial charge is 0.410 e. The van der Waals surface area contributed by atoms with Crippen molar-refractivity contribution in [3.63, 3.8) is 0 Å². The number of hydrogen-bond acceptors (Lipinski definition) is 5. The number of ether oxygens (including phenoxy) is 2. The van der Waals surface area contributed by atoms with E-state index in [2.05, 4.69) is 0 Å². The highest BCUT2D eigenvalue weighted by atomic mass is 35.5.